The fraction of sp³-hybridized carbons (Fsp3) is 0.353. The molecule has 4 rings (SSSR count). The van der Waals surface area contributed by atoms with Crippen molar-refractivity contribution in [3.8, 4) is 0 Å². The molecule has 7 heteroatoms. The Morgan fingerprint density at radius 2 is 1.92 bits per heavy atom. The molecule has 0 radical (unpaired) electrons. The van der Waals surface area contributed by atoms with Gasteiger partial charge >= 0.3 is 0 Å². The second-order valence-electron chi connectivity index (χ2n) is 6.49. The molecule has 1 aromatic carbocycles. The molecular weight excluding hydrogens is 314 g/mol. The third-order valence-electron chi connectivity index (χ3n) is 4.43. The van der Waals surface area contributed by atoms with Crippen molar-refractivity contribution in [2.75, 3.05) is 5.32 Å². The molecule has 2 aliphatic rings. The number of fused-ring (bicyclic) bond motifs is 1. The number of allylic oxidation sites excluding steroid dienone is 2. The summed E-state index contributed by atoms with van der Waals surface area (Å²) in [4.78, 5) is 17.0. The van der Waals surface area contributed by atoms with Crippen LogP contribution in [-0.2, 0) is 4.79 Å². The normalized spacial score (nSPS) is 22.9. The van der Waals surface area contributed by atoms with E-state index in [-0.39, 0.29) is 11.7 Å². The molecule has 0 fully saturated rings. The third kappa shape index (κ3) is 2.31. The Kier molecular flexibility index (Phi) is 3.26. The zero-order chi connectivity index (χ0) is 17.0. The van der Waals surface area contributed by atoms with Gasteiger partial charge in [0.05, 0.1) is 0 Å². The molecule has 0 amide bonds. The van der Waals surface area contributed by atoms with E-state index in [0.29, 0.717) is 35.8 Å². The van der Waals surface area contributed by atoms with Crippen LogP contribution in [0.1, 0.15) is 37.2 Å². The molecule has 0 bridgehead atoms. The highest BCUT2D eigenvalue weighted by molar-refractivity contribution is 5.99. The van der Waals surface area contributed by atoms with Crippen molar-refractivity contribution in [2.24, 2.45) is 5.92 Å². The van der Waals surface area contributed by atoms with Crippen LogP contribution >= 0.6 is 0 Å². The highest BCUT2D eigenvalue weighted by Gasteiger charge is 2.38. The molecule has 1 aromatic heterocycles. The predicted octanol–water partition coefficient (Wildman–Crippen LogP) is 3.13. The van der Waals surface area contributed by atoms with Gasteiger partial charge in [-0.1, -0.05) is 6.92 Å². The van der Waals surface area contributed by atoms with Gasteiger partial charge in [0.25, 0.3) is 0 Å². The van der Waals surface area contributed by atoms with Crippen LogP contribution in [0.2, 0.25) is 0 Å². The monoisotopic (exact) mass is 330 g/mol. The number of anilines is 1. The van der Waals surface area contributed by atoms with Gasteiger partial charge in [0.1, 0.15) is 23.5 Å². The van der Waals surface area contributed by atoms with E-state index in [1.54, 1.807) is 6.92 Å². The minimum Gasteiger partial charge on any atom is -0.328 e. The summed E-state index contributed by atoms with van der Waals surface area (Å²) in [5.41, 5.74) is 1.65. The number of benzene rings is 1. The highest BCUT2D eigenvalue weighted by atomic mass is 19.1. The van der Waals surface area contributed by atoms with Crippen molar-refractivity contribution in [2.45, 2.75) is 32.7 Å². The van der Waals surface area contributed by atoms with Crippen LogP contribution in [0.3, 0.4) is 0 Å². The fourth-order valence-electron chi connectivity index (χ4n) is 3.55. The summed E-state index contributed by atoms with van der Waals surface area (Å²) < 4.78 is 29.0. The number of carbonyl (C=O) groups excluding carboxylic acids is 1. The maximum atomic E-state index is 13.7. The Hall–Kier alpha value is -2.57. The maximum Gasteiger partial charge on any atom is 0.226 e. The highest BCUT2D eigenvalue weighted by Crippen LogP contribution is 2.41. The van der Waals surface area contributed by atoms with Gasteiger partial charge in [0.2, 0.25) is 5.95 Å². The average Bonchev–Trinajstić information content (AvgIpc) is 2.83. The molecule has 0 saturated carbocycles. The molecule has 1 aliphatic heterocycles. The van der Waals surface area contributed by atoms with Gasteiger partial charge in [0.15, 0.2) is 5.78 Å². The molecule has 0 spiro atoms. The molecule has 1 aliphatic carbocycles. The summed E-state index contributed by atoms with van der Waals surface area (Å²) in [5, 5.41) is 7.49. The Bertz CT molecular complexity index is 866. The van der Waals surface area contributed by atoms with Gasteiger partial charge in [-0.15, -0.1) is 0 Å². The van der Waals surface area contributed by atoms with Gasteiger partial charge in [0, 0.05) is 23.8 Å². The number of hydrogen-bond donors (Lipinski definition) is 1. The van der Waals surface area contributed by atoms with Gasteiger partial charge in [-0.2, -0.15) is 10.1 Å². The first kappa shape index (κ1) is 15.0. The van der Waals surface area contributed by atoms with Gasteiger partial charge in [-0.25, -0.2) is 13.5 Å². The van der Waals surface area contributed by atoms with Gasteiger partial charge in [-0.3, -0.25) is 4.79 Å². The van der Waals surface area contributed by atoms with Crippen molar-refractivity contribution in [3.05, 3.63) is 52.5 Å². The van der Waals surface area contributed by atoms with E-state index in [4.69, 9.17) is 0 Å². The van der Waals surface area contributed by atoms with E-state index in [0.717, 1.165) is 11.8 Å². The SMILES string of the molecule is Cc1nc2n(n1)[C@H](c1cc(F)cc(F)c1)C1=C(C[C@H](C)CC1=O)N2. The summed E-state index contributed by atoms with van der Waals surface area (Å²) in [6.07, 6.45) is 1.11. The Labute approximate surface area is 137 Å². The second kappa shape index (κ2) is 5.22. The molecule has 124 valence electrons. The zero-order valence-corrected chi connectivity index (χ0v) is 13.3. The standard InChI is InChI=1S/C17H16F2N4O/c1-8-3-13-15(14(24)4-8)16(10-5-11(18)7-12(19)6-10)23-17(21-13)20-9(2)22-23/h5-8,16H,3-4H2,1-2H3,(H,20,21,22)/t8-,16+/m0/s1. The van der Waals surface area contributed by atoms with E-state index < -0.39 is 17.7 Å². The molecule has 1 N–H and O–H groups in total. The number of halogens is 2. The quantitative estimate of drug-likeness (QED) is 0.873. The van der Waals surface area contributed by atoms with Gasteiger partial charge < -0.3 is 5.32 Å². The molecule has 0 unspecified atom stereocenters. The van der Waals surface area contributed by atoms with Crippen LogP contribution in [0.15, 0.2) is 29.5 Å². The minimum atomic E-state index is -0.680. The largest absolute Gasteiger partial charge is 0.328 e. The number of Topliss-reactive ketones (excluding diaryl/α,β-unsaturated/α-hetero) is 1. The van der Waals surface area contributed by atoms with Crippen molar-refractivity contribution >= 4 is 11.7 Å². The number of rotatable bonds is 1. The molecule has 24 heavy (non-hydrogen) atoms. The van der Waals surface area contributed by atoms with Crippen molar-refractivity contribution in [3.63, 3.8) is 0 Å². The molecule has 0 saturated heterocycles. The summed E-state index contributed by atoms with van der Waals surface area (Å²) >= 11 is 0. The van der Waals surface area contributed by atoms with E-state index in [1.807, 2.05) is 6.92 Å². The number of aryl methyl sites for hydroxylation is 1. The van der Waals surface area contributed by atoms with Crippen molar-refractivity contribution < 1.29 is 13.6 Å². The van der Waals surface area contributed by atoms with Crippen molar-refractivity contribution in [1.29, 1.82) is 0 Å². The number of carbonyl (C=O) groups is 1. The number of nitrogens with zero attached hydrogens (tertiary/aromatic N) is 3. The van der Waals surface area contributed by atoms with Crippen LogP contribution in [-0.4, -0.2) is 20.5 Å². The Balaban J connectivity index is 1.94. The molecule has 2 aromatic rings. The van der Waals surface area contributed by atoms with Crippen LogP contribution in [0, 0.1) is 24.5 Å². The predicted molar refractivity (Wildman–Crippen MR) is 83.3 cm³/mol. The Morgan fingerprint density at radius 1 is 1.21 bits per heavy atom. The number of ketones is 1. The lowest BCUT2D eigenvalue weighted by Gasteiger charge is -2.34. The van der Waals surface area contributed by atoms with Crippen LogP contribution < -0.4 is 5.32 Å². The van der Waals surface area contributed by atoms with E-state index >= 15 is 0 Å². The van der Waals surface area contributed by atoms with E-state index in [9.17, 15) is 13.6 Å². The first-order valence-electron chi connectivity index (χ1n) is 7.85. The van der Waals surface area contributed by atoms with Crippen LogP contribution in [0.5, 0.6) is 0 Å². The smallest absolute Gasteiger partial charge is 0.226 e. The van der Waals surface area contributed by atoms with Crippen LogP contribution in [0.25, 0.3) is 0 Å². The van der Waals surface area contributed by atoms with Crippen molar-refractivity contribution in [1.82, 2.24) is 14.8 Å². The first-order valence-corrected chi connectivity index (χ1v) is 7.85. The zero-order valence-electron chi connectivity index (χ0n) is 13.3. The lowest BCUT2D eigenvalue weighted by Crippen LogP contribution is -2.33. The average molecular weight is 330 g/mol. The van der Waals surface area contributed by atoms with E-state index in [1.165, 1.54) is 16.8 Å². The third-order valence-corrected chi connectivity index (χ3v) is 4.43. The summed E-state index contributed by atoms with van der Waals surface area (Å²) in [5.74, 6) is -0.155. The maximum absolute atomic E-state index is 13.7. The van der Waals surface area contributed by atoms with E-state index in [2.05, 4.69) is 15.4 Å². The molecule has 2 atom stereocenters. The van der Waals surface area contributed by atoms with Gasteiger partial charge in [-0.05, 0) is 37.0 Å². The molecule has 2 heterocycles. The fourth-order valence-corrected chi connectivity index (χ4v) is 3.55. The lowest BCUT2D eigenvalue weighted by molar-refractivity contribution is -0.117. The number of nitrogens with one attached hydrogen (secondary N) is 1. The summed E-state index contributed by atoms with van der Waals surface area (Å²) in [6.45, 7) is 3.74. The summed E-state index contributed by atoms with van der Waals surface area (Å²) in [7, 11) is 0. The topological polar surface area (TPSA) is 59.8 Å². The number of hydrogen-bond acceptors (Lipinski definition) is 4. The lowest BCUT2D eigenvalue weighted by atomic mass is 9.81. The second-order valence-corrected chi connectivity index (χ2v) is 6.49. The number of aromatic nitrogens is 3. The Morgan fingerprint density at radius 3 is 2.62 bits per heavy atom. The first-order chi connectivity index (χ1) is 11.4. The molecule has 5 nitrogen and oxygen atoms in total. The molecular formula is C17H16F2N4O. The summed E-state index contributed by atoms with van der Waals surface area (Å²) in [6, 6.07) is 2.65. The minimum absolute atomic E-state index is 0.0234. The van der Waals surface area contributed by atoms with Crippen LogP contribution in [0.4, 0.5) is 14.7 Å².